The van der Waals surface area contributed by atoms with Gasteiger partial charge in [-0.1, -0.05) is 11.6 Å². The molecule has 0 saturated heterocycles. The molecule has 3 aromatic carbocycles. The summed E-state index contributed by atoms with van der Waals surface area (Å²) in [4.78, 5) is 14.1. The summed E-state index contributed by atoms with van der Waals surface area (Å²) in [5.74, 6) is 1.92. The van der Waals surface area contributed by atoms with Crippen LogP contribution in [0.25, 0.3) is 0 Å². The first-order chi connectivity index (χ1) is 18.1. The highest BCUT2D eigenvalue weighted by Crippen LogP contribution is 2.38. The molecule has 1 amide bonds. The van der Waals surface area contributed by atoms with Gasteiger partial charge in [-0.2, -0.15) is 0 Å². The Labute approximate surface area is 227 Å². The number of anilines is 1. The van der Waals surface area contributed by atoms with Gasteiger partial charge in [0.2, 0.25) is 5.75 Å². The number of likely N-dealkylation sites (N-methyl/N-ethyl adjacent to an activating group) is 1. The fourth-order valence-corrected chi connectivity index (χ4v) is 4.81. The minimum absolute atomic E-state index is 0.0163. The maximum Gasteiger partial charge on any atom is 0.261 e. The molecule has 0 aliphatic rings. The first kappa shape index (κ1) is 28.7. The van der Waals surface area contributed by atoms with Crippen molar-refractivity contribution in [1.29, 1.82) is 0 Å². The zero-order valence-electron chi connectivity index (χ0n) is 21.6. The van der Waals surface area contributed by atoms with E-state index in [2.05, 4.69) is 4.72 Å². The molecule has 0 aromatic heterocycles. The highest BCUT2D eigenvalue weighted by atomic mass is 35.5. The van der Waals surface area contributed by atoms with E-state index in [0.717, 1.165) is 5.56 Å². The van der Waals surface area contributed by atoms with Gasteiger partial charge in [-0.15, -0.1) is 0 Å². The third-order valence-electron chi connectivity index (χ3n) is 5.47. The predicted octanol–water partition coefficient (Wildman–Crippen LogP) is 4.21. The number of hydrogen-bond acceptors (Lipinski definition) is 8. The van der Waals surface area contributed by atoms with Gasteiger partial charge in [0.05, 0.1) is 44.0 Å². The topological polar surface area (TPSA) is 113 Å². The zero-order valence-corrected chi connectivity index (χ0v) is 23.2. The van der Waals surface area contributed by atoms with Crippen molar-refractivity contribution in [2.24, 2.45) is 0 Å². The number of methoxy groups -OCH3 is 4. The molecular formula is C26H29ClN2O8S. The van der Waals surface area contributed by atoms with E-state index in [4.69, 9.17) is 35.3 Å². The van der Waals surface area contributed by atoms with E-state index in [-0.39, 0.29) is 34.7 Å². The number of ether oxygens (including phenoxy) is 5. The van der Waals surface area contributed by atoms with Crippen molar-refractivity contribution in [3.8, 4) is 28.7 Å². The maximum atomic E-state index is 12.7. The molecule has 0 bridgehead atoms. The highest BCUT2D eigenvalue weighted by molar-refractivity contribution is 7.92. The molecule has 1 N–H and O–H groups in total. The average molecular weight is 565 g/mol. The van der Waals surface area contributed by atoms with Crippen LogP contribution in [0.5, 0.6) is 28.7 Å². The van der Waals surface area contributed by atoms with Crippen LogP contribution in [0.2, 0.25) is 5.02 Å². The Morgan fingerprint density at radius 2 is 1.47 bits per heavy atom. The number of amides is 1. The second kappa shape index (κ2) is 12.6. The monoisotopic (exact) mass is 564 g/mol. The fourth-order valence-electron chi connectivity index (χ4n) is 3.50. The Hall–Kier alpha value is -3.83. The van der Waals surface area contributed by atoms with E-state index < -0.39 is 10.0 Å². The van der Waals surface area contributed by atoms with Gasteiger partial charge in [0, 0.05) is 13.6 Å². The van der Waals surface area contributed by atoms with Crippen LogP contribution in [-0.2, 0) is 21.4 Å². The second-order valence-corrected chi connectivity index (χ2v) is 10.1. The van der Waals surface area contributed by atoms with E-state index >= 15 is 0 Å². The van der Waals surface area contributed by atoms with Gasteiger partial charge in [-0.25, -0.2) is 8.42 Å². The third kappa shape index (κ3) is 6.93. The van der Waals surface area contributed by atoms with Crippen molar-refractivity contribution in [3.05, 3.63) is 65.2 Å². The van der Waals surface area contributed by atoms with Crippen LogP contribution in [0.4, 0.5) is 5.69 Å². The van der Waals surface area contributed by atoms with Gasteiger partial charge in [0.1, 0.15) is 11.5 Å². The number of hydrogen-bond donors (Lipinski definition) is 1. The lowest BCUT2D eigenvalue weighted by atomic mass is 10.1. The molecule has 38 heavy (non-hydrogen) atoms. The first-order valence-electron chi connectivity index (χ1n) is 11.2. The van der Waals surface area contributed by atoms with E-state index in [0.29, 0.717) is 28.7 Å². The van der Waals surface area contributed by atoms with Crippen molar-refractivity contribution in [3.63, 3.8) is 0 Å². The summed E-state index contributed by atoms with van der Waals surface area (Å²) < 4.78 is 54.6. The summed E-state index contributed by atoms with van der Waals surface area (Å²) in [5, 5.41) is 0.274. The van der Waals surface area contributed by atoms with Crippen LogP contribution in [0.3, 0.4) is 0 Å². The minimum Gasteiger partial charge on any atom is -0.495 e. The Balaban J connectivity index is 1.60. The standard InChI is InChI=1S/C26H29ClN2O8S/c1-29(15-17-12-23(34-3)26(36-5)24(13-17)35-4)25(30)16-37-19-7-9-20(10-8-19)38(31,32)28-18-6-11-22(33-2)21(27)14-18/h6-14,28H,15-16H2,1-5H3. The van der Waals surface area contributed by atoms with Crippen molar-refractivity contribution >= 4 is 33.2 Å². The van der Waals surface area contributed by atoms with Gasteiger partial charge in [-0.3, -0.25) is 9.52 Å². The van der Waals surface area contributed by atoms with Crippen LogP contribution >= 0.6 is 11.6 Å². The Morgan fingerprint density at radius 1 is 0.868 bits per heavy atom. The van der Waals surface area contributed by atoms with E-state index in [1.54, 1.807) is 31.3 Å². The summed E-state index contributed by atoms with van der Waals surface area (Å²) >= 11 is 6.07. The lowest BCUT2D eigenvalue weighted by molar-refractivity contribution is -0.132. The molecule has 3 rings (SSSR count). The SMILES string of the molecule is COc1ccc(NS(=O)(=O)c2ccc(OCC(=O)N(C)Cc3cc(OC)c(OC)c(OC)c3)cc2)cc1Cl. The molecule has 0 spiro atoms. The van der Waals surface area contributed by atoms with Gasteiger partial charge in [-0.05, 0) is 60.2 Å². The van der Waals surface area contributed by atoms with Crippen LogP contribution in [0.15, 0.2) is 59.5 Å². The Morgan fingerprint density at radius 3 is 2.00 bits per heavy atom. The number of nitrogens with zero attached hydrogens (tertiary/aromatic N) is 1. The molecule has 10 nitrogen and oxygen atoms in total. The van der Waals surface area contributed by atoms with E-state index in [1.807, 2.05) is 0 Å². The number of rotatable bonds is 12. The molecule has 0 radical (unpaired) electrons. The smallest absolute Gasteiger partial charge is 0.261 e. The van der Waals surface area contributed by atoms with Crippen molar-refractivity contribution in [1.82, 2.24) is 4.90 Å². The number of benzene rings is 3. The molecule has 0 aliphatic carbocycles. The summed E-state index contributed by atoms with van der Waals surface area (Å²) in [6.07, 6.45) is 0. The minimum atomic E-state index is -3.87. The van der Waals surface area contributed by atoms with E-state index in [9.17, 15) is 13.2 Å². The van der Waals surface area contributed by atoms with Gasteiger partial charge >= 0.3 is 0 Å². The molecule has 0 unspecified atom stereocenters. The highest BCUT2D eigenvalue weighted by Gasteiger charge is 2.18. The summed E-state index contributed by atoms with van der Waals surface area (Å²) in [6.45, 7) is 0.0345. The molecule has 3 aromatic rings. The molecule has 204 valence electrons. The molecule has 0 atom stereocenters. The number of nitrogens with one attached hydrogen (secondary N) is 1. The fraction of sp³-hybridized carbons (Fsp3) is 0.269. The Bertz CT molecular complexity index is 1360. The van der Waals surface area contributed by atoms with E-state index in [1.165, 1.54) is 63.7 Å². The lowest BCUT2D eigenvalue weighted by Crippen LogP contribution is -2.31. The van der Waals surface area contributed by atoms with Gasteiger partial charge < -0.3 is 28.6 Å². The maximum absolute atomic E-state index is 12.7. The first-order valence-corrected chi connectivity index (χ1v) is 13.1. The third-order valence-corrected chi connectivity index (χ3v) is 7.16. The number of carbonyl (C=O) groups excluding carboxylic acids is 1. The molecule has 0 saturated carbocycles. The second-order valence-electron chi connectivity index (χ2n) is 8.00. The number of carbonyl (C=O) groups is 1. The van der Waals surface area contributed by atoms with Crippen LogP contribution in [-0.4, -0.2) is 61.3 Å². The predicted molar refractivity (Wildman–Crippen MR) is 143 cm³/mol. The molecule has 0 aliphatic heterocycles. The lowest BCUT2D eigenvalue weighted by Gasteiger charge is -2.20. The molecular weight excluding hydrogens is 536 g/mol. The normalized spacial score (nSPS) is 10.9. The van der Waals surface area contributed by atoms with Crippen molar-refractivity contribution in [2.45, 2.75) is 11.4 Å². The van der Waals surface area contributed by atoms with Crippen LogP contribution in [0.1, 0.15) is 5.56 Å². The summed E-state index contributed by atoms with van der Waals surface area (Å²) in [6, 6.07) is 13.8. The largest absolute Gasteiger partial charge is 0.495 e. The molecule has 12 heteroatoms. The summed E-state index contributed by atoms with van der Waals surface area (Å²) in [7, 11) is 3.79. The van der Waals surface area contributed by atoms with Crippen LogP contribution in [0, 0.1) is 0 Å². The molecule has 0 fully saturated rings. The number of halogens is 1. The van der Waals surface area contributed by atoms with Crippen molar-refractivity contribution < 1.29 is 36.9 Å². The zero-order chi connectivity index (χ0) is 27.9. The van der Waals surface area contributed by atoms with Gasteiger partial charge in [0.25, 0.3) is 15.9 Å². The quantitative estimate of drug-likeness (QED) is 0.348. The van der Waals surface area contributed by atoms with Gasteiger partial charge in [0.15, 0.2) is 18.1 Å². The Kier molecular flexibility index (Phi) is 9.54. The van der Waals surface area contributed by atoms with Crippen molar-refractivity contribution in [2.75, 3.05) is 46.8 Å². The number of sulfonamides is 1. The molecule has 0 heterocycles. The average Bonchev–Trinajstić information content (AvgIpc) is 2.91. The summed E-state index contributed by atoms with van der Waals surface area (Å²) in [5.41, 5.74) is 1.06. The van der Waals surface area contributed by atoms with Crippen LogP contribution < -0.4 is 28.4 Å².